The van der Waals surface area contributed by atoms with Gasteiger partial charge in [0.05, 0.1) is 6.61 Å². The van der Waals surface area contributed by atoms with E-state index in [1.165, 1.54) is 5.56 Å². The average Bonchev–Trinajstić information content (AvgIpc) is 2.42. The lowest BCUT2D eigenvalue weighted by atomic mass is 10.1. The monoisotopic (exact) mass is 393 g/mol. The van der Waals surface area contributed by atoms with Gasteiger partial charge in [0.15, 0.2) is 5.96 Å². The van der Waals surface area contributed by atoms with Crippen LogP contribution in [0.2, 0.25) is 0 Å². The second kappa shape index (κ2) is 10.7. The van der Waals surface area contributed by atoms with Gasteiger partial charge in [0.1, 0.15) is 12.4 Å². The molecule has 0 fully saturated rings. The number of halogens is 1. The highest BCUT2D eigenvalue weighted by atomic mass is 127. The van der Waals surface area contributed by atoms with Crippen molar-refractivity contribution in [2.75, 3.05) is 34.4 Å². The minimum absolute atomic E-state index is 0. The van der Waals surface area contributed by atoms with Crippen molar-refractivity contribution in [3.05, 3.63) is 29.3 Å². The van der Waals surface area contributed by atoms with E-state index in [0.29, 0.717) is 19.8 Å². The molecule has 20 heavy (non-hydrogen) atoms. The van der Waals surface area contributed by atoms with Crippen molar-refractivity contribution < 1.29 is 9.47 Å². The van der Waals surface area contributed by atoms with Crippen LogP contribution in [0.3, 0.4) is 0 Å². The number of hydrogen-bond acceptors (Lipinski definition) is 3. The van der Waals surface area contributed by atoms with Gasteiger partial charge in [0.2, 0.25) is 0 Å². The largest absolute Gasteiger partial charge is 0.491 e. The molecule has 0 spiro atoms. The molecule has 0 aliphatic rings. The molecule has 0 unspecified atom stereocenters. The molecule has 1 aromatic rings. The molecule has 0 saturated carbocycles. The van der Waals surface area contributed by atoms with Gasteiger partial charge in [-0.1, -0.05) is 12.1 Å². The van der Waals surface area contributed by atoms with Gasteiger partial charge < -0.3 is 20.1 Å². The Hall–Kier alpha value is -1.02. The first-order valence-electron chi connectivity index (χ1n) is 6.31. The van der Waals surface area contributed by atoms with E-state index in [0.717, 1.165) is 17.3 Å². The van der Waals surface area contributed by atoms with Gasteiger partial charge in [-0.25, -0.2) is 0 Å². The van der Waals surface area contributed by atoms with E-state index in [1.807, 2.05) is 20.0 Å². The molecule has 0 amide bonds. The van der Waals surface area contributed by atoms with Crippen molar-refractivity contribution >= 4 is 29.9 Å². The molecule has 0 atom stereocenters. The van der Waals surface area contributed by atoms with E-state index in [9.17, 15) is 0 Å². The fourth-order valence-corrected chi connectivity index (χ4v) is 1.64. The predicted octanol–water partition coefficient (Wildman–Crippen LogP) is 1.93. The minimum Gasteiger partial charge on any atom is -0.491 e. The fourth-order valence-electron chi connectivity index (χ4n) is 1.64. The topological polar surface area (TPSA) is 54.9 Å². The Balaban J connectivity index is 0.00000361. The number of hydrogen-bond donors (Lipinski definition) is 2. The summed E-state index contributed by atoms with van der Waals surface area (Å²) < 4.78 is 10.7. The molecule has 0 saturated heterocycles. The van der Waals surface area contributed by atoms with Crippen molar-refractivity contribution in [3.8, 4) is 5.75 Å². The highest BCUT2D eigenvalue weighted by molar-refractivity contribution is 14.0. The Morgan fingerprint density at radius 2 is 2.05 bits per heavy atom. The summed E-state index contributed by atoms with van der Waals surface area (Å²) >= 11 is 0. The molecular weight excluding hydrogens is 369 g/mol. The summed E-state index contributed by atoms with van der Waals surface area (Å²) in [7, 11) is 5.24. The number of rotatable bonds is 6. The number of ether oxygens (including phenoxy) is 2. The van der Waals surface area contributed by atoms with E-state index in [1.54, 1.807) is 14.2 Å². The van der Waals surface area contributed by atoms with Gasteiger partial charge >= 0.3 is 0 Å². The van der Waals surface area contributed by atoms with Crippen LogP contribution in [0.4, 0.5) is 0 Å². The van der Waals surface area contributed by atoms with Gasteiger partial charge in [-0.15, -0.1) is 24.0 Å². The van der Waals surface area contributed by atoms with Crippen molar-refractivity contribution in [3.63, 3.8) is 0 Å². The maximum absolute atomic E-state index is 5.73. The summed E-state index contributed by atoms with van der Waals surface area (Å²) in [6, 6.07) is 6.17. The first-order valence-corrected chi connectivity index (χ1v) is 6.31. The van der Waals surface area contributed by atoms with Crippen LogP contribution in [-0.4, -0.2) is 40.4 Å². The van der Waals surface area contributed by atoms with E-state index in [4.69, 9.17) is 9.47 Å². The Kier molecular flexibility index (Phi) is 10.2. The average molecular weight is 393 g/mol. The van der Waals surface area contributed by atoms with Crippen molar-refractivity contribution in [2.24, 2.45) is 4.99 Å². The van der Waals surface area contributed by atoms with Crippen LogP contribution in [0.25, 0.3) is 0 Å². The van der Waals surface area contributed by atoms with Crippen molar-refractivity contribution in [2.45, 2.75) is 13.5 Å². The highest BCUT2D eigenvalue weighted by Gasteiger charge is 2.05. The van der Waals surface area contributed by atoms with Gasteiger partial charge in [-0.2, -0.15) is 0 Å². The van der Waals surface area contributed by atoms with Gasteiger partial charge in [-0.05, 0) is 18.6 Å². The molecule has 5 nitrogen and oxygen atoms in total. The van der Waals surface area contributed by atoms with Crippen LogP contribution in [-0.2, 0) is 11.3 Å². The summed E-state index contributed by atoms with van der Waals surface area (Å²) in [5.74, 6) is 1.64. The molecule has 0 aliphatic heterocycles. The summed E-state index contributed by atoms with van der Waals surface area (Å²) in [5.41, 5.74) is 2.27. The first kappa shape index (κ1) is 19.0. The molecule has 0 bridgehead atoms. The highest BCUT2D eigenvalue weighted by Crippen LogP contribution is 2.20. The van der Waals surface area contributed by atoms with Gasteiger partial charge in [-0.3, -0.25) is 4.99 Å². The zero-order valence-corrected chi connectivity index (χ0v) is 14.9. The molecular formula is C14H24IN3O2. The first-order chi connectivity index (χ1) is 9.21. The zero-order chi connectivity index (χ0) is 14.1. The summed E-state index contributed by atoms with van der Waals surface area (Å²) in [6.45, 7) is 3.84. The van der Waals surface area contributed by atoms with Crippen molar-refractivity contribution in [1.82, 2.24) is 10.6 Å². The summed E-state index contributed by atoms with van der Waals surface area (Å²) in [5, 5.41) is 6.20. The number of methoxy groups -OCH3 is 1. The lowest BCUT2D eigenvalue weighted by molar-refractivity contribution is 0.145. The SMILES string of the molecule is CN=C(NC)NCc1ccc(C)cc1OCCOC.I. The molecule has 6 heteroatoms. The third-order valence-electron chi connectivity index (χ3n) is 2.67. The van der Waals surface area contributed by atoms with E-state index < -0.39 is 0 Å². The van der Waals surface area contributed by atoms with Crippen LogP contribution in [0.1, 0.15) is 11.1 Å². The number of guanidine groups is 1. The van der Waals surface area contributed by atoms with E-state index >= 15 is 0 Å². The Labute approximate surface area is 138 Å². The maximum atomic E-state index is 5.73. The number of aryl methyl sites for hydroxylation is 1. The second-order valence-electron chi connectivity index (χ2n) is 4.13. The zero-order valence-electron chi connectivity index (χ0n) is 12.5. The molecule has 0 aromatic heterocycles. The molecule has 114 valence electrons. The number of nitrogens with one attached hydrogen (secondary N) is 2. The minimum atomic E-state index is 0. The molecule has 2 N–H and O–H groups in total. The van der Waals surface area contributed by atoms with Crippen LogP contribution in [0.15, 0.2) is 23.2 Å². The number of nitrogens with zero attached hydrogens (tertiary/aromatic N) is 1. The summed E-state index contributed by atoms with van der Waals surface area (Å²) in [4.78, 5) is 4.08. The lowest BCUT2D eigenvalue weighted by Gasteiger charge is -2.14. The molecule has 1 rings (SSSR count). The third-order valence-corrected chi connectivity index (χ3v) is 2.67. The predicted molar refractivity (Wildman–Crippen MR) is 93.2 cm³/mol. The van der Waals surface area contributed by atoms with E-state index in [-0.39, 0.29) is 24.0 Å². The third kappa shape index (κ3) is 6.42. The second-order valence-corrected chi connectivity index (χ2v) is 4.13. The molecule has 1 aromatic carbocycles. The van der Waals surface area contributed by atoms with Crippen LogP contribution >= 0.6 is 24.0 Å². The van der Waals surface area contributed by atoms with Gasteiger partial charge in [0, 0.05) is 33.3 Å². The number of benzene rings is 1. The fraction of sp³-hybridized carbons (Fsp3) is 0.500. The summed E-state index contributed by atoms with van der Waals surface area (Å²) in [6.07, 6.45) is 0. The van der Waals surface area contributed by atoms with Crippen LogP contribution < -0.4 is 15.4 Å². The number of aliphatic imine (C=N–C) groups is 1. The maximum Gasteiger partial charge on any atom is 0.190 e. The standard InChI is InChI=1S/C14H23N3O2.HI/c1-11-5-6-12(10-17-14(15-2)16-3)13(9-11)19-8-7-18-4;/h5-6,9H,7-8,10H2,1-4H3,(H2,15,16,17);1H. The Bertz CT molecular complexity index is 425. The van der Waals surface area contributed by atoms with Gasteiger partial charge in [0.25, 0.3) is 0 Å². The molecule has 0 radical (unpaired) electrons. The molecule has 0 heterocycles. The Morgan fingerprint density at radius 1 is 1.30 bits per heavy atom. The van der Waals surface area contributed by atoms with Crippen LogP contribution in [0, 0.1) is 6.92 Å². The normalized spacial score (nSPS) is 10.7. The quantitative estimate of drug-likeness (QED) is 0.336. The molecule has 0 aliphatic carbocycles. The van der Waals surface area contributed by atoms with Crippen molar-refractivity contribution in [1.29, 1.82) is 0 Å². The van der Waals surface area contributed by atoms with Crippen LogP contribution in [0.5, 0.6) is 5.75 Å². The van der Waals surface area contributed by atoms with E-state index in [2.05, 4.69) is 27.8 Å². The smallest absolute Gasteiger partial charge is 0.190 e. The lowest BCUT2D eigenvalue weighted by Crippen LogP contribution is -2.34. The Morgan fingerprint density at radius 3 is 2.65 bits per heavy atom.